The fraction of sp³-hybridized carbons (Fsp3) is 0.455. The van der Waals surface area contributed by atoms with Crippen molar-refractivity contribution in [3.8, 4) is 0 Å². The van der Waals surface area contributed by atoms with E-state index in [1.54, 1.807) is 25.4 Å². The van der Waals surface area contributed by atoms with Gasteiger partial charge in [-0.1, -0.05) is 26.0 Å². The summed E-state index contributed by atoms with van der Waals surface area (Å²) in [6, 6.07) is 11.1. The molecule has 166 valence electrons. The van der Waals surface area contributed by atoms with Crippen molar-refractivity contribution in [2.75, 3.05) is 26.8 Å². The quantitative estimate of drug-likeness (QED) is 0.180. The first-order valence-corrected chi connectivity index (χ1v) is 10.00. The molecule has 2 aromatic rings. The Hall–Kier alpha value is -2.07. The van der Waals surface area contributed by atoms with Crippen LogP contribution in [0.3, 0.4) is 0 Å². The second-order valence-corrected chi connectivity index (χ2v) is 7.14. The Bertz CT molecular complexity index is 764. The molecule has 0 saturated carbocycles. The predicted octanol–water partition coefficient (Wildman–Crippen LogP) is 3.56. The van der Waals surface area contributed by atoms with Crippen molar-refractivity contribution in [1.29, 1.82) is 0 Å². The number of hydrogen-bond acceptors (Lipinski definition) is 4. The summed E-state index contributed by atoms with van der Waals surface area (Å²) in [6.45, 7) is 7.53. The summed E-state index contributed by atoms with van der Waals surface area (Å²) >= 11 is 0. The molecule has 7 nitrogen and oxygen atoms in total. The Morgan fingerprint density at radius 2 is 1.97 bits per heavy atom. The second kappa shape index (κ2) is 14.8. The largest absolute Gasteiger partial charge is 0.467 e. The van der Waals surface area contributed by atoms with Gasteiger partial charge in [-0.3, -0.25) is 9.79 Å². The van der Waals surface area contributed by atoms with Crippen LogP contribution in [-0.4, -0.2) is 38.7 Å². The number of furan rings is 1. The van der Waals surface area contributed by atoms with Gasteiger partial charge in [-0.05, 0) is 42.2 Å². The van der Waals surface area contributed by atoms with Gasteiger partial charge in [0.1, 0.15) is 5.76 Å². The normalized spacial score (nSPS) is 11.1. The molecule has 1 aromatic carbocycles. The molecule has 0 bridgehead atoms. The number of carbonyl (C=O) groups excluding carboxylic acids is 1. The Labute approximate surface area is 196 Å². The van der Waals surface area contributed by atoms with Crippen molar-refractivity contribution in [3.63, 3.8) is 0 Å². The Kier molecular flexibility index (Phi) is 12.8. The number of benzene rings is 1. The summed E-state index contributed by atoms with van der Waals surface area (Å²) < 4.78 is 10.8. The van der Waals surface area contributed by atoms with E-state index in [0.717, 1.165) is 43.5 Å². The van der Waals surface area contributed by atoms with E-state index in [4.69, 9.17) is 9.15 Å². The highest BCUT2D eigenvalue weighted by atomic mass is 127. The average Bonchev–Trinajstić information content (AvgIpc) is 3.24. The minimum absolute atomic E-state index is 0. The molecule has 0 unspecified atom stereocenters. The zero-order valence-corrected chi connectivity index (χ0v) is 20.3. The maximum atomic E-state index is 12.3. The van der Waals surface area contributed by atoms with E-state index in [1.807, 2.05) is 24.3 Å². The number of halogens is 1. The number of ether oxygens (including phenoxy) is 1. The van der Waals surface area contributed by atoms with Crippen molar-refractivity contribution in [2.45, 2.75) is 33.4 Å². The van der Waals surface area contributed by atoms with Crippen LogP contribution in [0.25, 0.3) is 0 Å². The van der Waals surface area contributed by atoms with Crippen LogP contribution < -0.4 is 16.0 Å². The maximum Gasteiger partial charge on any atom is 0.251 e. The van der Waals surface area contributed by atoms with Crippen LogP contribution in [0.1, 0.15) is 41.9 Å². The van der Waals surface area contributed by atoms with Gasteiger partial charge in [0.2, 0.25) is 0 Å². The smallest absolute Gasteiger partial charge is 0.251 e. The van der Waals surface area contributed by atoms with Crippen LogP contribution in [-0.2, 0) is 17.8 Å². The molecule has 0 saturated heterocycles. The molecule has 0 atom stereocenters. The zero-order valence-electron chi connectivity index (χ0n) is 17.9. The highest BCUT2D eigenvalue weighted by molar-refractivity contribution is 14.0. The summed E-state index contributed by atoms with van der Waals surface area (Å²) in [4.78, 5) is 16.6. The molecular formula is C22H33IN4O3. The minimum atomic E-state index is -0.132. The SMILES string of the molecule is CN=C(NCCCOCC(C)C)NCc1cccc(C(=O)NCc2ccco2)c1.I. The number of nitrogens with one attached hydrogen (secondary N) is 3. The van der Waals surface area contributed by atoms with Crippen molar-refractivity contribution in [3.05, 3.63) is 59.5 Å². The highest BCUT2D eigenvalue weighted by Crippen LogP contribution is 2.06. The number of amides is 1. The molecule has 0 radical (unpaired) electrons. The molecule has 0 aliphatic carbocycles. The van der Waals surface area contributed by atoms with E-state index >= 15 is 0 Å². The molecule has 0 spiro atoms. The molecule has 0 aliphatic rings. The van der Waals surface area contributed by atoms with E-state index in [9.17, 15) is 4.79 Å². The Morgan fingerprint density at radius 3 is 2.67 bits per heavy atom. The molecule has 0 fully saturated rings. The van der Waals surface area contributed by atoms with Crippen LogP contribution in [0, 0.1) is 5.92 Å². The van der Waals surface area contributed by atoms with Gasteiger partial charge in [-0.25, -0.2) is 0 Å². The van der Waals surface area contributed by atoms with Crippen molar-refractivity contribution < 1.29 is 13.9 Å². The molecular weight excluding hydrogens is 495 g/mol. The second-order valence-electron chi connectivity index (χ2n) is 7.14. The van der Waals surface area contributed by atoms with E-state index in [1.165, 1.54) is 0 Å². The van der Waals surface area contributed by atoms with Gasteiger partial charge in [0.05, 0.1) is 12.8 Å². The summed E-state index contributed by atoms with van der Waals surface area (Å²) in [6.07, 6.45) is 2.51. The fourth-order valence-corrected chi connectivity index (χ4v) is 2.61. The van der Waals surface area contributed by atoms with E-state index in [-0.39, 0.29) is 29.9 Å². The first-order valence-electron chi connectivity index (χ1n) is 10.00. The van der Waals surface area contributed by atoms with Crippen molar-refractivity contribution >= 4 is 35.8 Å². The standard InChI is InChI=1S/C22H32N4O3.HI/c1-17(2)16-28-11-6-10-24-22(23-3)26-14-18-7-4-8-19(13-18)21(27)25-15-20-9-5-12-29-20;/h4-5,7-9,12-13,17H,6,10-11,14-16H2,1-3H3,(H,25,27)(H2,23,24,26);1H. The monoisotopic (exact) mass is 528 g/mol. The van der Waals surface area contributed by atoms with Crippen molar-refractivity contribution in [1.82, 2.24) is 16.0 Å². The molecule has 30 heavy (non-hydrogen) atoms. The van der Waals surface area contributed by atoms with Crippen LogP contribution in [0.2, 0.25) is 0 Å². The number of aliphatic imine (C=N–C) groups is 1. The fourth-order valence-electron chi connectivity index (χ4n) is 2.61. The minimum Gasteiger partial charge on any atom is -0.467 e. The highest BCUT2D eigenvalue weighted by Gasteiger charge is 2.07. The van der Waals surface area contributed by atoms with Gasteiger partial charge in [-0.15, -0.1) is 24.0 Å². The molecule has 1 heterocycles. The topological polar surface area (TPSA) is 87.9 Å². The summed E-state index contributed by atoms with van der Waals surface area (Å²) in [5, 5.41) is 9.39. The van der Waals surface area contributed by atoms with E-state index in [2.05, 4.69) is 34.8 Å². The summed E-state index contributed by atoms with van der Waals surface area (Å²) in [5.74, 6) is 1.87. The number of carbonyl (C=O) groups is 1. The number of hydrogen-bond donors (Lipinski definition) is 3. The lowest BCUT2D eigenvalue weighted by molar-refractivity contribution is 0.0948. The maximum absolute atomic E-state index is 12.3. The lowest BCUT2D eigenvalue weighted by atomic mass is 10.1. The first-order chi connectivity index (χ1) is 14.1. The Balaban J connectivity index is 0.00000450. The van der Waals surface area contributed by atoms with E-state index in [0.29, 0.717) is 24.6 Å². The van der Waals surface area contributed by atoms with Crippen molar-refractivity contribution in [2.24, 2.45) is 10.9 Å². The van der Waals surface area contributed by atoms with Crippen LogP contribution in [0.15, 0.2) is 52.1 Å². The van der Waals surface area contributed by atoms with Gasteiger partial charge in [0.15, 0.2) is 5.96 Å². The Morgan fingerprint density at radius 1 is 1.13 bits per heavy atom. The summed E-state index contributed by atoms with van der Waals surface area (Å²) in [7, 11) is 1.74. The summed E-state index contributed by atoms with van der Waals surface area (Å²) in [5.41, 5.74) is 1.61. The lowest BCUT2D eigenvalue weighted by Gasteiger charge is -2.13. The van der Waals surface area contributed by atoms with Gasteiger partial charge in [0.25, 0.3) is 5.91 Å². The third-order valence-electron chi connectivity index (χ3n) is 4.09. The molecule has 2 rings (SSSR count). The number of rotatable bonds is 11. The molecule has 0 aliphatic heterocycles. The first kappa shape index (κ1) is 26.0. The molecule has 8 heteroatoms. The average molecular weight is 528 g/mol. The van der Waals surface area contributed by atoms with E-state index < -0.39 is 0 Å². The van der Waals surface area contributed by atoms with Gasteiger partial charge >= 0.3 is 0 Å². The third kappa shape index (κ3) is 10.1. The number of guanidine groups is 1. The van der Waals surface area contributed by atoms with Gasteiger partial charge < -0.3 is 25.1 Å². The molecule has 1 amide bonds. The zero-order chi connectivity index (χ0) is 20.9. The van der Waals surface area contributed by atoms with Gasteiger partial charge in [-0.2, -0.15) is 0 Å². The molecule has 3 N–H and O–H groups in total. The van der Waals surface area contributed by atoms with Crippen LogP contribution >= 0.6 is 24.0 Å². The lowest BCUT2D eigenvalue weighted by Crippen LogP contribution is -2.37. The predicted molar refractivity (Wildman–Crippen MR) is 130 cm³/mol. The number of nitrogens with zero attached hydrogens (tertiary/aromatic N) is 1. The van der Waals surface area contributed by atoms with Gasteiger partial charge in [0, 0.05) is 38.9 Å². The van der Waals surface area contributed by atoms with Crippen LogP contribution in [0.4, 0.5) is 0 Å². The van der Waals surface area contributed by atoms with Crippen LogP contribution in [0.5, 0.6) is 0 Å². The third-order valence-corrected chi connectivity index (χ3v) is 4.09. The molecule has 1 aromatic heterocycles.